The van der Waals surface area contributed by atoms with E-state index in [1.54, 1.807) is 0 Å². The Labute approximate surface area is 94.8 Å². The van der Waals surface area contributed by atoms with Crippen molar-refractivity contribution in [1.29, 1.82) is 0 Å². The molecule has 1 atom stereocenters. The van der Waals surface area contributed by atoms with Crippen molar-refractivity contribution in [3.63, 3.8) is 0 Å². The number of ether oxygens (including phenoxy) is 1. The first-order chi connectivity index (χ1) is 7.70. The molecule has 4 nitrogen and oxygen atoms in total. The van der Waals surface area contributed by atoms with Crippen LogP contribution in [0.3, 0.4) is 0 Å². The topological polar surface area (TPSA) is 64.4 Å². The normalized spacial score (nSPS) is 15.1. The van der Waals surface area contributed by atoms with Gasteiger partial charge in [0.15, 0.2) is 0 Å². The molecule has 0 aliphatic carbocycles. The van der Waals surface area contributed by atoms with Gasteiger partial charge in [0.05, 0.1) is 12.6 Å². The molecule has 16 heavy (non-hydrogen) atoms. The average Bonchev–Trinajstić information content (AvgIpc) is 2.75. The van der Waals surface area contributed by atoms with Gasteiger partial charge in [0, 0.05) is 12.1 Å². The molecule has 0 radical (unpaired) electrons. The third kappa shape index (κ3) is 2.17. The van der Waals surface area contributed by atoms with E-state index in [2.05, 4.69) is 5.32 Å². The number of anilines is 1. The molecular formula is C12H16N2O2. The van der Waals surface area contributed by atoms with Gasteiger partial charge in [-0.05, 0) is 30.2 Å². The van der Waals surface area contributed by atoms with Gasteiger partial charge in [-0.25, -0.2) is 0 Å². The minimum absolute atomic E-state index is 0.138. The second-order valence-corrected chi connectivity index (χ2v) is 3.92. The molecule has 4 heteroatoms. The number of carbonyl (C=O) groups excluding carboxylic acids is 1. The lowest BCUT2D eigenvalue weighted by molar-refractivity contribution is -0.117. The number of carbonyl (C=O) groups is 1. The zero-order valence-corrected chi connectivity index (χ0v) is 9.32. The fourth-order valence-electron chi connectivity index (χ4n) is 1.68. The minimum Gasteiger partial charge on any atom is -0.493 e. The van der Waals surface area contributed by atoms with Crippen molar-refractivity contribution in [2.24, 2.45) is 5.73 Å². The Kier molecular flexibility index (Phi) is 3.10. The van der Waals surface area contributed by atoms with Crippen LogP contribution in [0, 0.1) is 0 Å². The lowest BCUT2D eigenvalue weighted by atomic mass is 10.1. The molecule has 1 aliphatic rings. The highest BCUT2D eigenvalue weighted by molar-refractivity contribution is 5.94. The summed E-state index contributed by atoms with van der Waals surface area (Å²) in [7, 11) is 0. The predicted octanol–water partition coefficient (Wildman–Crippen LogP) is 1.30. The summed E-state index contributed by atoms with van der Waals surface area (Å²) in [4.78, 5) is 11.6. The Morgan fingerprint density at radius 3 is 3.19 bits per heavy atom. The molecular weight excluding hydrogens is 204 g/mol. The molecule has 0 saturated heterocycles. The molecule has 2 rings (SSSR count). The molecule has 0 bridgehead atoms. The summed E-state index contributed by atoms with van der Waals surface area (Å²) in [6.07, 6.45) is 1.54. The van der Waals surface area contributed by atoms with Crippen LogP contribution in [0.1, 0.15) is 18.9 Å². The van der Waals surface area contributed by atoms with Crippen molar-refractivity contribution in [2.75, 3.05) is 11.9 Å². The van der Waals surface area contributed by atoms with E-state index in [9.17, 15) is 4.79 Å². The number of hydrogen-bond acceptors (Lipinski definition) is 3. The summed E-state index contributed by atoms with van der Waals surface area (Å²) >= 11 is 0. The molecule has 1 aromatic carbocycles. The Balaban J connectivity index is 2.08. The maximum atomic E-state index is 11.6. The average molecular weight is 220 g/mol. The van der Waals surface area contributed by atoms with Gasteiger partial charge in [-0.15, -0.1) is 0 Å². The lowest BCUT2D eigenvalue weighted by Gasteiger charge is -2.10. The third-order valence-electron chi connectivity index (χ3n) is 2.73. The Bertz CT molecular complexity index is 404. The van der Waals surface area contributed by atoms with Gasteiger partial charge >= 0.3 is 0 Å². The maximum Gasteiger partial charge on any atom is 0.241 e. The van der Waals surface area contributed by atoms with Crippen LogP contribution in [0.25, 0.3) is 0 Å². The van der Waals surface area contributed by atoms with Crippen LogP contribution in [-0.2, 0) is 11.2 Å². The summed E-state index contributed by atoms with van der Waals surface area (Å²) in [5, 5.41) is 2.80. The summed E-state index contributed by atoms with van der Waals surface area (Å²) in [5.41, 5.74) is 7.57. The first-order valence-corrected chi connectivity index (χ1v) is 5.53. The highest BCUT2D eigenvalue weighted by Gasteiger charge is 2.14. The molecule has 0 aromatic heterocycles. The number of nitrogens with two attached hydrogens (primary N) is 1. The van der Waals surface area contributed by atoms with E-state index in [4.69, 9.17) is 10.5 Å². The fourth-order valence-corrected chi connectivity index (χ4v) is 1.68. The number of rotatable bonds is 3. The first-order valence-electron chi connectivity index (χ1n) is 5.53. The van der Waals surface area contributed by atoms with Crippen LogP contribution in [0.5, 0.6) is 5.75 Å². The van der Waals surface area contributed by atoms with Gasteiger partial charge in [0.25, 0.3) is 0 Å². The zero-order valence-electron chi connectivity index (χ0n) is 9.32. The monoisotopic (exact) mass is 220 g/mol. The van der Waals surface area contributed by atoms with Crippen molar-refractivity contribution in [3.05, 3.63) is 23.8 Å². The lowest BCUT2D eigenvalue weighted by Crippen LogP contribution is -2.34. The summed E-state index contributed by atoms with van der Waals surface area (Å²) in [5.74, 6) is 0.777. The molecule has 0 spiro atoms. The largest absolute Gasteiger partial charge is 0.493 e. The van der Waals surface area contributed by atoms with Crippen LogP contribution in [-0.4, -0.2) is 18.6 Å². The molecule has 86 valence electrons. The van der Waals surface area contributed by atoms with Gasteiger partial charge in [-0.1, -0.05) is 6.92 Å². The summed E-state index contributed by atoms with van der Waals surface area (Å²) < 4.78 is 5.39. The van der Waals surface area contributed by atoms with Gasteiger partial charge in [0.1, 0.15) is 5.75 Å². The van der Waals surface area contributed by atoms with Crippen LogP contribution in [0.2, 0.25) is 0 Å². The molecule has 1 unspecified atom stereocenters. The standard InChI is InChI=1S/C12H16N2O2/c1-2-10(13)12(15)14-9-3-4-11-8(7-9)5-6-16-11/h3-4,7,10H,2,5-6,13H2,1H3,(H,14,15). The highest BCUT2D eigenvalue weighted by atomic mass is 16.5. The van der Waals surface area contributed by atoms with E-state index in [-0.39, 0.29) is 5.91 Å². The predicted molar refractivity (Wildman–Crippen MR) is 62.5 cm³/mol. The first kappa shape index (κ1) is 11.0. The molecule has 1 amide bonds. The summed E-state index contributed by atoms with van der Waals surface area (Å²) in [6.45, 7) is 2.61. The Morgan fingerprint density at radius 1 is 1.62 bits per heavy atom. The van der Waals surface area contributed by atoms with E-state index in [0.29, 0.717) is 6.42 Å². The number of benzene rings is 1. The fraction of sp³-hybridized carbons (Fsp3) is 0.417. The third-order valence-corrected chi connectivity index (χ3v) is 2.73. The smallest absolute Gasteiger partial charge is 0.241 e. The van der Waals surface area contributed by atoms with Crippen molar-refractivity contribution in [2.45, 2.75) is 25.8 Å². The van der Waals surface area contributed by atoms with Gasteiger partial charge in [0.2, 0.25) is 5.91 Å². The molecule has 1 aliphatic heterocycles. The van der Waals surface area contributed by atoms with Crippen molar-refractivity contribution in [3.8, 4) is 5.75 Å². The number of nitrogens with one attached hydrogen (secondary N) is 1. The quantitative estimate of drug-likeness (QED) is 0.807. The maximum absolute atomic E-state index is 11.6. The van der Waals surface area contributed by atoms with Crippen LogP contribution < -0.4 is 15.8 Å². The van der Waals surface area contributed by atoms with Crippen LogP contribution in [0.15, 0.2) is 18.2 Å². The van der Waals surface area contributed by atoms with Gasteiger partial charge in [-0.2, -0.15) is 0 Å². The second-order valence-electron chi connectivity index (χ2n) is 3.92. The van der Waals surface area contributed by atoms with Crippen molar-refractivity contribution < 1.29 is 9.53 Å². The SMILES string of the molecule is CCC(N)C(=O)Nc1ccc2c(c1)CCO2. The second kappa shape index (κ2) is 4.53. The molecule has 0 fully saturated rings. The van der Waals surface area contributed by atoms with E-state index in [1.165, 1.54) is 0 Å². The van der Waals surface area contributed by atoms with Gasteiger partial charge in [-0.3, -0.25) is 4.79 Å². The van der Waals surface area contributed by atoms with E-state index < -0.39 is 6.04 Å². The van der Waals surface area contributed by atoms with Crippen LogP contribution in [0.4, 0.5) is 5.69 Å². The number of amides is 1. The molecule has 1 heterocycles. The number of hydrogen-bond donors (Lipinski definition) is 2. The summed E-state index contributed by atoms with van der Waals surface area (Å²) in [6, 6.07) is 5.23. The number of fused-ring (bicyclic) bond motifs is 1. The minimum atomic E-state index is -0.440. The highest BCUT2D eigenvalue weighted by Crippen LogP contribution is 2.27. The zero-order chi connectivity index (χ0) is 11.5. The van der Waals surface area contributed by atoms with E-state index in [0.717, 1.165) is 30.0 Å². The molecule has 1 aromatic rings. The molecule has 3 N–H and O–H groups in total. The van der Waals surface area contributed by atoms with Crippen molar-refractivity contribution >= 4 is 11.6 Å². The molecule has 0 saturated carbocycles. The van der Waals surface area contributed by atoms with Crippen LogP contribution >= 0.6 is 0 Å². The Morgan fingerprint density at radius 2 is 2.44 bits per heavy atom. The Hall–Kier alpha value is -1.55. The van der Waals surface area contributed by atoms with Gasteiger partial charge < -0.3 is 15.8 Å². The van der Waals surface area contributed by atoms with E-state index >= 15 is 0 Å². The van der Waals surface area contributed by atoms with Crippen molar-refractivity contribution in [1.82, 2.24) is 0 Å². The van der Waals surface area contributed by atoms with E-state index in [1.807, 2.05) is 25.1 Å².